The smallest absolute Gasteiger partial charge is 0.146 e. The van der Waals surface area contributed by atoms with Gasteiger partial charge in [0.2, 0.25) is 0 Å². The third-order valence-corrected chi connectivity index (χ3v) is 3.01. The highest BCUT2D eigenvalue weighted by molar-refractivity contribution is 4.84. The van der Waals surface area contributed by atoms with Gasteiger partial charge in [-0.1, -0.05) is 0 Å². The van der Waals surface area contributed by atoms with E-state index >= 15 is 0 Å². The third-order valence-electron chi connectivity index (χ3n) is 3.01. The molecule has 0 radical (unpaired) electrons. The molecular weight excluding hydrogens is 204 g/mol. The standard InChI is InChI=1S/C11H20N4O/c1-14(7-10-5-3-4-6-16-10)8-11-13-12-9-15(11)2/h9-10H,3-8H2,1-2H3. The normalized spacial score (nSPS) is 21.6. The van der Waals surface area contributed by atoms with Gasteiger partial charge in [-0.25, -0.2) is 0 Å². The molecule has 90 valence electrons. The second kappa shape index (κ2) is 5.41. The molecule has 0 aromatic carbocycles. The molecule has 2 heterocycles. The lowest BCUT2D eigenvalue weighted by Gasteiger charge is -2.27. The summed E-state index contributed by atoms with van der Waals surface area (Å²) in [6, 6.07) is 0. The van der Waals surface area contributed by atoms with Crippen molar-refractivity contribution in [3.63, 3.8) is 0 Å². The van der Waals surface area contributed by atoms with Crippen LogP contribution >= 0.6 is 0 Å². The molecule has 1 unspecified atom stereocenters. The molecule has 0 saturated carbocycles. The molecular formula is C11H20N4O. The minimum atomic E-state index is 0.395. The first-order valence-corrected chi connectivity index (χ1v) is 5.88. The SMILES string of the molecule is CN(Cc1nncn1C)CC1CCCCO1. The molecule has 1 aliphatic rings. The van der Waals surface area contributed by atoms with E-state index in [1.807, 2.05) is 11.6 Å². The number of hydrogen-bond acceptors (Lipinski definition) is 4. The molecule has 0 N–H and O–H groups in total. The van der Waals surface area contributed by atoms with Gasteiger partial charge in [0.25, 0.3) is 0 Å². The summed E-state index contributed by atoms with van der Waals surface area (Å²) in [5.41, 5.74) is 0. The maximum Gasteiger partial charge on any atom is 0.146 e. The van der Waals surface area contributed by atoms with Crippen molar-refractivity contribution in [2.75, 3.05) is 20.2 Å². The van der Waals surface area contributed by atoms with Gasteiger partial charge < -0.3 is 9.30 Å². The Morgan fingerprint density at radius 1 is 1.56 bits per heavy atom. The lowest BCUT2D eigenvalue weighted by atomic mass is 10.1. The summed E-state index contributed by atoms with van der Waals surface area (Å²) in [4.78, 5) is 2.25. The zero-order chi connectivity index (χ0) is 11.4. The van der Waals surface area contributed by atoms with Crippen molar-refractivity contribution in [2.24, 2.45) is 7.05 Å². The van der Waals surface area contributed by atoms with Crippen LogP contribution in [0.1, 0.15) is 25.1 Å². The van der Waals surface area contributed by atoms with Gasteiger partial charge in [-0.2, -0.15) is 0 Å². The molecule has 0 bridgehead atoms. The van der Waals surface area contributed by atoms with Crippen LogP contribution in [0.25, 0.3) is 0 Å². The molecule has 1 aromatic heterocycles. The Hall–Kier alpha value is -0.940. The van der Waals surface area contributed by atoms with Gasteiger partial charge in [-0.05, 0) is 26.3 Å². The molecule has 1 aromatic rings. The maximum absolute atomic E-state index is 5.71. The Morgan fingerprint density at radius 2 is 2.44 bits per heavy atom. The quantitative estimate of drug-likeness (QED) is 0.759. The minimum absolute atomic E-state index is 0.395. The molecule has 5 nitrogen and oxygen atoms in total. The van der Waals surface area contributed by atoms with Crippen LogP contribution in [0.15, 0.2) is 6.33 Å². The lowest BCUT2D eigenvalue weighted by Crippen LogP contribution is -2.33. The summed E-state index contributed by atoms with van der Waals surface area (Å²) < 4.78 is 7.67. The highest BCUT2D eigenvalue weighted by Gasteiger charge is 2.16. The van der Waals surface area contributed by atoms with Gasteiger partial charge in [0.15, 0.2) is 0 Å². The lowest BCUT2D eigenvalue weighted by molar-refractivity contribution is -0.00303. The van der Waals surface area contributed by atoms with E-state index in [0.717, 1.165) is 25.5 Å². The third kappa shape index (κ3) is 3.02. The van der Waals surface area contributed by atoms with Gasteiger partial charge in [-0.3, -0.25) is 4.90 Å². The van der Waals surface area contributed by atoms with E-state index in [1.165, 1.54) is 19.3 Å². The van der Waals surface area contributed by atoms with Crippen molar-refractivity contribution in [2.45, 2.75) is 31.9 Å². The Balaban J connectivity index is 1.79. The van der Waals surface area contributed by atoms with Crippen LogP contribution in [-0.4, -0.2) is 46.0 Å². The first kappa shape index (κ1) is 11.5. The minimum Gasteiger partial charge on any atom is -0.377 e. The zero-order valence-electron chi connectivity index (χ0n) is 10.1. The van der Waals surface area contributed by atoms with E-state index in [-0.39, 0.29) is 0 Å². The summed E-state index contributed by atoms with van der Waals surface area (Å²) in [5.74, 6) is 0.998. The topological polar surface area (TPSA) is 43.2 Å². The molecule has 16 heavy (non-hydrogen) atoms. The molecule has 0 spiro atoms. The van der Waals surface area contributed by atoms with Crippen LogP contribution in [0.2, 0.25) is 0 Å². The first-order chi connectivity index (χ1) is 7.75. The molecule has 0 aliphatic carbocycles. The van der Waals surface area contributed by atoms with Gasteiger partial charge in [0, 0.05) is 20.2 Å². The van der Waals surface area contributed by atoms with Crippen LogP contribution in [0.5, 0.6) is 0 Å². The average molecular weight is 224 g/mol. The molecule has 0 amide bonds. The van der Waals surface area contributed by atoms with Crippen LogP contribution in [-0.2, 0) is 18.3 Å². The van der Waals surface area contributed by atoms with Crippen LogP contribution in [0.3, 0.4) is 0 Å². The van der Waals surface area contributed by atoms with E-state index in [0.29, 0.717) is 6.10 Å². The second-order valence-corrected chi connectivity index (χ2v) is 4.54. The largest absolute Gasteiger partial charge is 0.377 e. The molecule has 2 rings (SSSR count). The summed E-state index contributed by atoms with van der Waals surface area (Å²) >= 11 is 0. The average Bonchev–Trinajstić information content (AvgIpc) is 2.66. The molecule has 1 atom stereocenters. The van der Waals surface area contributed by atoms with Crippen molar-refractivity contribution in [3.8, 4) is 0 Å². The van der Waals surface area contributed by atoms with Crippen molar-refractivity contribution in [1.29, 1.82) is 0 Å². The number of aryl methyl sites for hydroxylation is 1. The summed E-state index contributed by atoms with van der Waals surface area (Å²) in [6.07, 6.45) is 5.82. The fourth-order valence-electron chi connectivity index (χ4n) is 2.06. The number of hydrogen-bond donors (Lipinski definition) is 0. The van der Waals surface area contributed by atoms with E-state index in [2.05, 4.69) is 22.1 Å². The van der Waals surface area contributed by atoms with E-state index in [4.69, 9.17) is 4.74 Å². The second-order valence-electron chi connectivity index (χ2n) is 4.54. The van der Waals surface area contributed by atoms with Crippen molar-refractivity contribution in [1.82, 2.24) is 19.7 Å². The van der Waals surface area contributed by atoms with Crippen molar-refractivity contribution >= 4 is 0 Å². The number of likely N-dealkylation sites (N-methyl/N-ethyl adjacent to an activating group) is 1. The summed E-state index contributed by atoms with van der Waals surface area (Å²) in [7, 11) is 4.08. The van der Waals surface area contributed by atoms with Crippen LogP contribution in [0.4, 0.5) is 0 Å². The number of ether oxygens (including phenoxy) is 1. The summed E-state index contributed by atoms with van der Waals surface area (Å²) in [6.45, 7) is 2.73. The van der Waals surface area contributed by atoms with E-state index in [1.54, 1.807) is 6.33 Å². The number of aromatic nitrogens is 3. The van der Waals surface area contributed by atoms with Crippen molar-refractivity contribution in [3.05, 3.63) is 12.2 Å². The highest BCUT2D eigenvalue weighted by Crippen LogP contribution is 2.13. The van der Waals surface area contributed by atoms with E-state index < -0.39 is 0 Å². The zero-order valence-corrected chi connectivity index (χ0v) is 10.1. The highest BCUT2D eigenvalue weighted by atomic mass is 16.5. The Bertz CT molecular complexity index is 320. The summed E-state index contributed by atoms with van der Waals surface area (Å²) in [5, 5.41) is 7.96. The maximum atomic E-state index is 5.71. The van der Waals surface area contributed by atoms with E-state index in [9.17, 15) is 0 Å². The van der Waals surface area contributed by atoms with Gasteiger partial charge >= 0.3 is 0 Å². The van der Waals surface area contributed by atoms with Gasteiger partial charge in [-0.15, -0.1) is 10.2 Å². The first-order valence-electron chi connectivity index (χ1n) is 5.88. The predicted molar refractivity (Wildman–Crippen MR) is 60.9 cm³/mol. The van der Waals surface area contributed by atoms with Crippen LogP contribution < -0.4 is 0 Å². The number of rotatable bonds is 4. The van der Waals surface area contributed by atoms with Crippen molar-refractivity contribution < 1.29 is 4.74 Å². The van der Waals surface area contributed by atoms with Gasteiger partial charge in [0.05, 0.1) is 12.6 Å². The van der Waals surface area contributed by atoms with Crippen LogP contribution in [0, 0.1) is 0 Å². The van der Waals surface area contributed by atoms with Gasteiger partial charge in [0.1, 0.15) is 12.2 Å². The predicted octanol–water partition coefficient (Wildman–Crippen LogP) is 0.816. The molecule has 5 heteroatoms. The Kier molecular flexibility index (Phi) is 3.90. The number of nitrogens with zero attached hydrogens (tertiary/aromatic N) is 4. The Morgan fingerprint density at radius 3 is 3.06 bits per heavy atom. The fourth-order valence-corrected chi connectivity index (χ4v) is 2.06. The molecule has 1 aliphatic heterocycles. The fraction of sp³-hybridized carbons (Fsp3) is 0.818. The molecule has 1 saturated heterocycles. The monoisotopic (exact) mass is 224 g/mol. The molecule has 1 fully saturated rings. The Labute approximate surface area is 96.4 Å².